The minimum absolute atomic E-state index is 0.684. The molecule has 18 heavy (non-hydrogen) atoms. The molecule has 0 saturated heterocycles. The third-order valence-electron chi connectivity index (χ3n) is 5.07. The smallest absolute Gasteiger partial charge is 0.0488 e. The standard InChI is InChI=1S/C16H31NO/c1-4-7-17-16(8-12(2)11-18-3)15-10-13-5-6-14(15)9-13/h12-17H,4-11H2,1-3H3. The van der Waals surface area contributed by atoms with Crippen molar-refractivity contribution in [3.63, 3.8) is 0 Å². The molecule has 2 heteroatoms. The van der Waals surface area contributed by atoms with Gasteiger partial charge in [0.05, 0.1) is 0 Å². The minimum atomic E-state index is 0.684. The third-order valence-corrected chi connectivity index (χ3v) is 5.07. The monoisotopic (exact) mass is 253 g/mol. The molecule has 0 aromatic heterocycles. The van der Waals surface area contributed by atoms with E-state index in [-0.39, 0.29) is 0 Å². The normalized spacial score (nSPS) is 33.8. The predicted molar refractivity (Wildman–Crippen MR) is 76.7 cm³/mol. The number of rotatable bonds is 8. The first-order valence-electron chi connectivity index (χ1n) is 7.96. The van der Waals surface area contributed by atoms with Gasteiger partial charge in [-0.1, -0.05) is 20.3 Å². The first kappa shape index (κ1) is 14.3. The summed E-state index contributed by atoms with van der Waals surface area (Å²) in [5, 5.41) is 3.83. The fourth-order valence-corrected chi connectivity index (χ4v) is 4.31. The first-order chi connectivity index (χ1) is 8.74. The van der Waals surface area contributed by atoms with Crippen LogP contribution in [0.4, 0.5) is 0 Å². The van der Waals surface area contributed by atoms with Gasteiger partial charge in [-0.3, -0.25) is 0 Å². The molecule has 0 aromatic rings. The van der Waals surface area contributed by atoms with Gasteiger partial charge in [0, 0.05) is 19.8 Å². The Balaban J connectivity index is 1.87. The van der Waals surface area contributed by atoms with E-state index < -0.39 is 0 Å². The molecule has 0 radical (unpaired) electrons. The van der Waals surface area contributed by atoms with Gasteiger partial charge in [-0.05, 0) is 62.3 Å². The van der Waals surface area contributed by atoms with Crippen LogP contribution in [-0.4, -0.2) is 26.3 Å². The zero-order chi connectivity index (χ0) is 13.0. The number of nitrogens with one attached hydrogen (secondary N) is 1. The van der Waals surface area contributed by atoms with Gasteiger partial charge in [-0.25, -0.2) is 0 Å². The van der Waals surface area contributed by atoms with E-state index in [1.165, 1.54) is 45.1 Å². The van der Waals surface area contributed by atoms with Crippen LogP contribution in [-0.2, 0) is 4.74 Å². The van der Waals surface area contributed by atoms with Crippen molar-refractivity contribution in [2.24, 2.45) is 23.7 Å². The van der Waals surface area contributed by atoms with E-state index in [9.17, 15) is 0 Å². The summed E-state index contributed by atoms with van der Waals surface area (Å²) in [4.78, 5) is 0. The highest BCUT2D eigenvalue weighted by Gasteiger charge is 2.42. The van der Waals surface area contributed by atoms with Gasteiger partial charge < -0.3 is 10.1 Å². The van der Waals surface area contributed by atoms with E-state index >= 15 is 0 Å². The highest BCUT2D eigenvalue weighted by Crippen LogP contribution is 2.50. The van der Waals surface area contributed by atoms with Crippen molar-refractivity contribution >= 4 is 0 Å². The molecule has 2 fully saturated rings. The average molecular weight is 253 g/mol. The van der Waals surface area contributed by atoms with Crippen LogP contribution in [0.5, 0.6) is 0 Å². The lowest BCUT2D eigenvalue weighted by molar-refractivity contribution is 0.134. The van der Waals surface area contributed by atoms with Crippen molar-refractivity contribution < 1.29 is 4.74 Å². The zero-order valence-electron chi connectivity index (χ0n) is 12.5. The molecule has 1 N–H and O–H groups in total. The van der Waals surface area contributed by atoms with Gasteiger partial charge in [0.2, 0.25) is 0 Å². The molecule has 0 aliphatic heterocycles. The van der Waals surface area contributed by atoms with Gasteiger partial charge in [0.1, 0.15) is 0 Å². The van der Waals surface area contributed by atoms with Gasteiger partial charge >= 0.3 is 0 Å². The molecule has 0 aromatic carbocycles. The molecule has 2 bridgehead atoms. The lowest BCUT2D eigenvalue weighted by Gasteiger charge is -2.33. The van der Waals surface area contributed by atoms with Crippen molar-refractivity contribution in [3.8, 4) is 0 Å². The van der Waals surface area contributed by atoms with Crippen molar-refractivity contribution in [1.82, 2.24) is 5.32 Å². The molecule has 0 spiro atoms. The van der Waals surface area contributed by atoms with Crippen LogP contribution in [0, 0.1) is 23.7 Å². The Bertz CT molecular complexity index is 243. The van der Waals surface area contributed by atoms with Crippen molar-refractivity contribution in [2.75, 3.05) is 20.3 Å². The Morgan fingerprint density at radius 3 is 2.67 bits per heavy atom. The third kappa shape index (κ3) is 3.48. The van der Waals surface area contributed by atoms with Crippen molar-refractivity contribution in [1.29, 1.82) is 0 Å². The summed E-state index contributed by atoms with van der Waals surface area (Å²) in [6.45, 7) is 6.68. The molecular formula is C16H31NO. The summed E-state index contributed by atoms with van der Waals surface area (Å²) >= 11 is 0. The van der Waals surface area contributed by atoms with Gasteiger partial charge in [-0.15, -0.1) is 0 Å². The molecule has 0 amide bonds. The van der Waals surface area contributed by atoms with Crippen LogP contribution >= 0.6 is 0 Å². The summed E-state index contributed by atoms with van der Waals surface area (Å²) in [5.41, 5.74) is 0. The van der Waals surface area contributed by atoms with E-state index in [0.717, 1.165) is 30.4 Å². The van der Waals surface area contributed by atoms with E-state index in [1.54, 1.807) is 0 Å². The molecule has 2 saturated carbocycles. The van der Waals surface area contributed by atoms with Crippen molar-refractivity contribution in [3.05, 3.63) is 0 Å². The average Bonchev–Trinajstić information content (AvgIpc) is 2.96. The highest BCUT2D eigenvalue weighted by atomic mass is 16.5. The largest absolute Gasteiger partial charge is 0.384 e. The van der Waals surface area contributed by atoms with E-state index in [0.29, 0.717) is 5.92 Å². The topological polar surface area (TPSA) is 21.3 Å². The minimum Gasteiger partial charge on any atom is -0.384 e. The number of hydrogen-bond donors (Lipinski definition) is 1. The summed E-state index contributed by atoms with van der Waals surface area (Å²) in [6, 6.07) is 0.741. The van der Waals surface area contributed by atoms with Crippen LogP contribution in [0.3, 0.4) is 0 Å². The van der Waals surface area contributed by atoms with Crippen LogP contribution < -0.4 is 5.32 Å². The second-order valence-electron chi connectivity index (χ2n) is 6.70. The maximum Gasteiger partial charge on any atom is 0.0488 e. The van der Waals surface area contributed by atoms with Gasteiger partial charge in [-0.2, -0.15) is 0 Å². The first-order valence-corrected chi connectivity index (χ1v) is 7.96. The summed E-state index contributed by atoms with van der Waals surface area (Å²) < 4.78 is 5.31. The lowest BCUT2D eigenvalue weighted by Crippen LogP contribution is -2.40. The van der Waals surface area contributed by atoms with Crippen LogP contribution in [0.15, 0.2) is 0 Å². The Labute approximate surface area is 113 Å². The number of fused-ring (bicyclic) bond motifs is 2. The summed E-state index contributed by atoms with van der Waals surface area (Å²) in [6.07, 6.45) is 8.56. The molecule has 5 unspecified atom stereocenters. The molecule has 2 nitrogen and oxygen atoms in total. The van der Waals surface area contributed by atoms with E-state index in [4.69, 9.17) is 4.74 Å². The summed E-state index contributed by atoms with van der Waals surface area (Å²) in [5.74, 6) is 3.72. The molecule has 2 aliphatic rings. The Morgan fingerprint density at radius 2 is 2.11 bits per heavy atom. The predicted octanol–water partition coefficient (Wildman–Crippen LogP) is 3.46. The fourth-order valence-electron chi connectivity index (χ4n) is 4.31. The Hall–Kier alpha value is -0.0800. The number of methoxy groups -OCH3 is 1. The van der Waals surface area contributed by atoms with Crippen LogP contribution in [0.1, 0.15) is 52.4 Å². The molecule has 2 rings (SSSR count). The zero-order valence-corrected chi connectivity index (χ0v) is 12.5. The molecular weight excluding hydrogens is 222 g/mol. The Morgan fingerprint density at radius 1 is 1.28 bits per heavy atom. The second-order valence-corrected chi connectivity index (χ2v) is 6.70. The van der Waals surface area contributed by atoms with Crippen LogP contribution in [0.25, 0.3) is 0 Å². The maximum atomic E-state index is 5.31. The Kier molecular flexibility index (Phi) is 5.50. The molecule has 2 aliphatic carbocycles. The SMILES string of the molecule is CCCNC(CC(C)COC)C1CC2CCC1C2. The molecule has 106 valence electrons. The quantitative estimate of drug-likeness (QED) is 0.715. The van der Waals surface area contributed by atoms with Gasteiger partial charge in [0.25, 0.3) is 0 Å². The van der Waals surface area contributed by atoms with Gasteiger partial charge in [0.15, 0.2) is 0 Å². The van der Waals surface area contributed by atoms with Crippen molar-refractivity contribution in [2.45, 2.75) is 58.4 Å². The second kappa shape index (κ2) is 6.91. The number of ether oxygens (including phenoxy) is 1. The van der Waals surface area contributed by atoms with Crippen LogP contribution in [0.2, 0.25) is 0 Å². The molecule has 5 atom stereocenters. The van der Waals surface area contributed by atoms with E-state index in [1.807, 2.05) is 7.11 Å². The lowest BCUT2D eigenvalue weighted by atomic mass is 9.80. The molecule has 0 heterocycles. The van der Waals surface area contributed by atoms with E-state index in [2.05, 4.69) is 19.2 Å². The maximum absolute atomic E-state index is 5.31. The fraction of sp³-hybridized carbons (Fsp3) is 1.00. The summed E-state index contributed by atoms with van der Waals surface area (Å²) in [7, 11) is 1.82. The highest BCUT2D eigenvalue weighted by molar-refractivity contribution is 4.95. The number of hydrogen-bond acceptors (Lipinski definition) is 2.